The molecule has 0 amide bonds. The van der Waals surface area contributed by atoms with Crippen molar-refractivity contribution in [1.29, 1.82) is 0 Å². The van der Waals surface area contributed by atoms with Gasteiger partial charge >= 0.3 is 0 Å². The first kappa shape index (κ1) is 9.68. The molecule has 1 N–H and O–H groups in total. The monoisotopic (exact) mass is 275 g/mol. The van der Waals surface area contributed by atoms with Crippen molar-refractivity contribution in [2.24, 2.45) is 0 Å². The van der Waals surface area contributed by atoms with E-state index in [4.69, 9.17) is 11.6 Å². The second kappa shape index (κ2) is 3.37. The fourth-order valence-electron chi connectivity index (χ4n) is 1.20. The zero-order valence-corrected chi connectivity index (χ0v) is 9.12. The maximum Gasteiger partial charge on any atom is 0.248 e. The van der Waals surface area contributed by atoms with Crippen LogP contribution >= 0.6 is 27.5 Å². The highest BCUT2D eigenvalue weighted by Crippen LogP contribution is 2.29. The van der Waals surface area contributed by atoms with Gasteiger partial charge in [-0.1, -0.05) is 11.6 Å². The summed E-state index contributed by atoms with van der Waals surface area (Å²) in [6.07, 6.45) is 0. The molecule has 2 nitrogen and oxygen atoms in total. The summed E-state index contributed by atoms with van der Waals surface area (Å²) in [5.41, 5.74) is 0.0148. The maximum atomic E-state index is 13.3. The fraction of sp³-hybridized carbons (Fsp3) is 0. The van der Waals surface area contributed by atoms with E-state index in [0.29, 0.717) is 10.9 Å². The van der Waals surface area contributed by atoms with Crippen LogP contribution in [0, 0.1) is 5.82 Å². The van der Waals surface area contributed by atoms with Crippen molar-refractivity contribution in [2.75, 3.05) is 0 Å². The molecule has 0 aliphatic rings. The maximum absolute atomic E-state index is 13.3. The van der Waals surface area contributed by atoms with E-state index in [-0.39, 0.29) is 15.1 Å². The van der Waals surface area contributed by atoms with Crippen LogP contribution in [0.3, 0.4) is 0 Å². The van der Waals surface area contributed by atoms with Gasteiger partial charge in [-0.15, -0.1) is 0 Å². The lowest BCUT2D eigenvalue weighted by Crippen LogP contribution is -2.03. The zero-order chi connectivity index (χ0) is 10.3. The molecule has 0 saturated heterocycles. The topological polar surface area (TPSA) is 32.9 Å². The molecule has 0 aliphatic carbocycles. The lowest BCUT2D eigenvalue weighted by atomic mass is 10.2. The normalized spacial score (nSPS) is 10.8. The summed E-state index contributed by atoms with van der Waals surface area (Å²) in [5.74, 6) is -0.569. The predicted octanol–water partition coefficient (Wildman–Crippen LogP) is 3.08. The van der Waals surface area contributed by atoms with Gasteiger partial charge in [-0.05, 0) is 28.1 Å². The third-order valence-electron chi connectivity index (χ3n) is 1.86. The lowest BCUT2D eigenvalue weighted by molar-refractivity contribution is 0.623. The first-order valence-electron chi connectivity index (χ1n) is 3.76. The number of halogens is 3. The summed E-state index contributed by atoms with van der Waals surface area (Å²) < 4.78 is 13.6. The average molecular weight is 276 g/mol. The molecule has 2 rings (SSSR count). The number of aromatic nitrogens is 1. The first-order valence-corrected chi connectivity index (χ1v) is 4.93. The fourth-order valence-corrected chi connectivity index (χ4v) is 2.02. The molecule has 0 bridgehead atoms. The Hall–Kier alpha value is -0.870. The Morgan fingerprint density at radius 3 is 2.86 bits per heavy atom. The summed E-state index contributed by atoms with van der Waals surface area (Å²) in [7, 11) is 0. The molecule has 0 spiro atoms. The third-order valence-corrected chi connectivity index (χ3v) is 2.79. The first-order chi connectivity index (χ1) is 6.59. The molecule has 0 saturated carbocycles. The van der Waals surface area contributed by atoms with Gasteiger partial charge in [-0.25, -0.2) is 4.39 Å². The summed E-state index contributed by atoms with van der Waals surface area (Å²) in [6, 6.07) is 4.51. The van der Waals surface area contributed by atoms with E-state index in [2.05, 4.69) is 20.9 Å². The largest absolute Gasteiger partial charge is 0.321 e. The highest BCUT2D eigenvalue weighted by Gasteiger charge is 2.10. The predicted molar refractivity (Wildman–Crippen MR) is 57.2 cm³/mol. The van der Waals surface area contributed by atoms with Crippen LogP contribution in [-0.2, 0) is 0 Å². The van der Waals surface area contributed by atoms with Crippen LogP contribution < -0.4 is 5.56 Å². The molecule has 0 radical (unpaired) electrons. The third kappa shape index (κ3) is 1.44. The number of aromatic amines is 1. The van der Waals surface area contributed by atoms with E-state index in [1.807, 2.05) is 0 Å². The number of pyridine rings is 1. The number of fused-ring (bicyclic) bond motifs is 1. The smallest absolute Gasteiger partial charge is 0.248 e. The van der Waals surface area contributed by atoms with E-state index in [1.54, 1.807) is 12.1 Å². The summed E-state index contributed by atoms with van der Waals surface area (Å²) >= 11 is 8.76. The Morgan fingerprint density at radius 1 is 1.43 bits per heavy atom. The minimum Gasteiger partial charge on any atom is -0.321 e. The molecule has 14 heavy (non-hydrogen) atoms. The molecule has 5 heteroatoms. The van der Waals surface area contributed by atoms with Gasteiger partial charge < -0.3 is 4.98 Å². The second-order valence-electron chi connectivity index (χ2n) is 2.77. The quantitative estimate of drug-likeness (QED) is 0.737. The van der Waals surface area contributed by atoms with E-state index in [9.17, 15) is 9.18 Å². The van der Waals surface area contributed by atoms with Crippen LogP contribution in [0.25, 0.3) is 10.9 Å². The highest BCUT2D eigenvalue weighted by atomic mass is 79.9. The number of hydrogen-bond donors (Lipinski definition) is 1. The molecular weight excluding hydrogens is 272 g/mol. The van der Waals surface area contributed by atoms with E-state index in [0.717, 1.165) is 0 Å². The molecule has 1 heterocycles. The number of hydrogen-bond acceptors (Lipinski definition) is 1. The minimum absolute atomic E-state index is 0.0768. The van der Waals surface area contributed by atoms with Crippen LogP contribution in [0.15, 0.2) is 27.5 Å². The van der Waals surface area contributed by atoms with Gasteiger partial charge in [-0.2, -0.15) is 0 Å². The van der Waals surface area contributed by atoms with E-state index < -0.39 is 5.82 Å². The Morgan fingerprint density at radius 2 is 2.14 bits per heavy atom. The van der Waals surface area contributed by atoms with Crippen LogP contribution in [0.4, 0.5) is 4.39 Å². The van der Waals surface area contributed by atoms with Gasteiger partial charge in [0, 0.05) is 11.5 Å². The van der Waals surface area contributed by atoms with Crippen LogP contribution in [-0.4, -0.2) is 4.98 Å². The molecule has 0 aliphatic heterocycles. The molecule has 1 aromatic heterocycles. The Bertz CT molecular complexity index is 566. The van der Waals surface area contributed by atoms with Crippen molar-refractivity contribution >= 4 is 38.4 Å². The molecule has 0 unspecified atom stereocenters. The summed E-state index contributed by atoms with van der Waals surface area (Å²) in [6.45, 7) is 0. The summed E-state index contributed by atoms with van der Waals surface area (Å²) in [4.78, 5) is 13.5. The summed E-state index contributed by atoms with van der Waals surface area (Å²) in [5, 5.41) is 0.606. The number of benzene rings is 1. The van der Waals surface area contributed by atoms with E-state index in [1.165, 1.54) is 6.07 Å². The number of nitrogens with one attached hydrogen (secondary N) is 1. The number of rotatable bonds is 0. The zero-order valence-electron chi connectivity index (χ0n) is 6.77. The Labute approximate surface area is 91.8 Å². The minimum atomic E-state index is -0.569. The highest BCUT2D eigenvalue weighted by molar-refractivity contribution is 9.10. The van der Waals surface area contributed by atoms with Crippen molar-refractivity contribution in [3.8, 4) is 0 Å². The van der Waals surface area contributed by atoms with Gasteiger partial charge in [-0.3, -0.25) is 4.79 Å². The van der Waals surface area contributed by atoms with E-state index >= 15 is 0 Å². The Balaban J connectivity index is 2.99. The van der Waals surface area contributed by atoms with Crippen LogP contribution in [0.5, 0.6) is 0 Å². The van der Waals surface area contributed by atoms with Gasteiger partial charge in [0.2, 0.25) is 5.56 Å². The second-order valence-corrected chi connectivity index (χ2v) is 4.01. The Kier molecular flexibility index (Phi) is 2.33. The average Bonchev–Trinajstić information content (AvgIpc) is 2.16. The van der Waals surface area contributed by atoms with Crippen LogP contribution in [0.1, 0.15) is 0 Å². The van der Waals surface area contributed by atoms with Crippen molar-refractivity contribution < 1.29 is 4.39 Å². The van der Waals surface area contributed by atoms with Gasteiger partial charge in [0.05, 0.1) is 9.99 Å². The number of H-pyrrole nitrogens is 1. The van der Waals surface area contributed by atoms with Crippen molar-refractivity contribution in [1.82, 2.24) is 4.98 Å². The van der Waals surface area contributed by atoms with Crippen molar-refractivity contribution in [3.63, 3.8) is 0 Å². The van der Waals surface area contributed by atoms with Gasteiger partial charge in [0.15, 0.2) is 5.82 Å². The molecule has 2 aromatic rings. The van der Waals surface area contributed by atoms with Crippen molar-refractivity contribution in [2.45, 2.75) is 0 Å². The van der Waals surface area contributed by atoms with Gasteiger partial charge in [0.1, 0.15) is 5.02 Å². The molecule has 0 atom stereocenters. The molecule has 0 fully saturated rings. The van der Waals surface area contributed by atoms with Crippen LogP contribution in [0.2, 0.25) is 5.02 Å². The molecular formula is C9H4BrClFNO. The lowest BCUT2D eigenvalue weighted by Gasteiger charge is -2.02. The van der Waals surface area contributed by atoms with Gasteiger partial charge in [0.25, 0.3) is 0 Å². The standard InChI is InChI=1S/C9H4BrClFNO/c10-5-3-4-1-2-6(14)13-9(4)7(11)8(5)12/h1-3H,(H,13,14). The molecule has 1 aromatic carbocycles. The SMILES string of the molecule is O=c1ccc2cc(Br)c(F)c(Cl)c2[nH]1. The van der Waals surface area contributed by atoms with Crippen molar-refractivity contribution in [3.05, 3.63) is 43.9 Å². The molecule has 72 valence electrons.